The number of ether oxygens (including phenoxy) is 1. The first-order valence-electron chi connectivity index (χ1n) is 7.49. The van der Waals surface area contributed by atoms with Crippen LogP contribution in [-0.2, 0) is 17.9 Å². The Balaban J connectivity index is 1.77. The maximum absolute atomic E-state index is 12.8. The van der Waals surface area contributed by atoms with Crippen molar-refractivity contribution in [2.75, 3.05) is 0 Å². The van der Waals surface area contributed by atoms with Crippen molar-refractivity contribution < 1.29 is 9.84 Å². The summed E-state index contributed by atoms with van der Waals surface area (Å²) >= 11 is 0. The van der Waals surface area contributed by atoms with Gasteiger partial charge in [0.2, 0.25) is 5.88 Å². The number of fused-ring (bicyclic) bond motifs is 1. The highest BCUT2D eigenvalue weighted by Gasteiger charge is 2.32. The van der Waals surface area contributed by atoms with Crippen molar-refractivity contribution in [3.05, 3.63) is 88.0 Å². The Kier molecular flexibility index (Phi) is 3.28. The fourth-order valence-corrected chi connectivity index (χ4v) is 2.98. The quantitative estimate of drug-likeness (QED) is 0.809. The summed E-state index contributed by atoms with van der Waals surface area (Å²) < 4.78 is 8.63. The minimum Gasteiger partial charge on any atom is -0.493 e. The molecule has 1 unspecified atom stereocenters. The maximum Gasteiger partial charge on any atom is 0.334 e. The van der Waals surface area contributed by atoms with Gasteiger partial charge < -0.3 is 9.84 Å². The van der Waals surface area contributed by atoms with E-state index in [0.717, 1.165) is 11.1 Å². The van der Waals surface area contributed by atoms with Crippen LogP contribution in [0.4, 0.5) is 0 Å². The molecule has 0 saturated heterocycles. The van der Waals surface area contributed by atoms with Gasteiger partial charge in [-0.25, -0.2) is 4.79 Å². The van der Waals surface area contributed by atoms with E-state index in [-0.39, 0.29) is 18.2 Å². The Morgan fingerprint density at radius 2 is 1.70 bits per heavy atom. The van der Waals surface area contributed by atoms with Gasteiger partial charge in [-0.3, -0.25) is 9.13 Å². The molecule has 0 fully saturated rings. The SMILES string of the molecule is O=c1n(Cc2ccccc2)c(O)c2n1C(c1ccccc1)OC2. The molecule has 0 spiro atoms. The van der Waals surface area contributed by atoms with Crippen LogP contribution in [0.25, 0.3) is 0 Å². The molecule has 4 rings (SSSR count). The fourth-order valence-electron chi connectivity index (χ4n) is 2.98. The summed E-state index contributed by atoms with van der Waals surface area (Å²) in [6.45, 7) is 0.565. The second-order valence-electron chi connectivity index (χ2n) is 5.57. The van der Waals surface area contributed by atoms with Crippen LogP contribution in [0.2, 0.25) is 0 Å². The third-order valence-electron chi connectivity index (χ3n) is 4.12. The van der Waals surface area contributed by atoms with Crippen LogP contribution in [-0.4, -0.2) is 14.2 Å². The van der Waals surface area contributed by atoms with Crippen molar-refractivity contribution in [2.24, 2.45) is 0 Å². The van der Waals surface area contributed by atoms with Crippen molar-refractivity contribution in [1.82, 2.24) is 9.13 Å². The summed E-state index contributed by atoms with van der Waals surface area (Å²) in [6, 6.07) is 19.2. The van der Waals surface area contributed by atoms with Crippen LogP contribution in [0.1, 0.15) is 23.0 Å². The van der Waals surface area contributed by atoms with Gasteiger partial charge in [-0.1, -0.05) is 60.7 Å². The van der Waals surface area contributed by atoms with Crippen LogP contribution in [0.3, 0.4) is 0 Å². The van der Waals surface area contributed by atoms with Crippen LogP contribution in [0.5, 0.6) is 5.88 Å². The summed E-state index contributed by atoms with van der Waals surface area (Å²) in [5, 5.41) is 10.4. The second kappa shape index (κ2) is 5.44. The lowest BCUT2D eigenvalue weighted by atomic mass is 10.2. The normalized spacial score (nSPS) is 16.4. The van der Waals surface area contributed by atoms with E-state index in [2.05, 4.69) is 0 Å². The van der Waals surface area contributed by atoms with Crippen LogP contribution in [0.15, 0.2) is 65.5 Å². The predicted octanol–water partition coefficient (Wildman–Crippen LogP) is 2.48. The molecular weight excluding hydrogens is 292 g/mol. The molecule has 1 atom stereocenters. The topological polar surface area (TPSA) is 56.4 Å². The van der Waals surface area contributed by atoms with E-state index < -0.39 is 6.23 Å². The van der Waals surface area contributed by atoms with Crippen molar-refractivity contribution in [3.8, 4) is 5.88 Å². The summed E-state index contributed by atoms with van der Waals surface area (Å²) in [6.07, 6.45) is -0.485. The van der Waals surface area contributed by atoms with Crippen molar-refractivity contribution >= 4 is 0 Å². The molecule has 0 bridgehead atoms. The highest BCUT2D eigenvalue weighted by molar-refractivity contribution is 5.28. The number of aromatic hydroxyl groups is 1. The number of benzene rings is 2. The van der Waals surface area contributed by atoms with E-state index in [1.807, 2.05) is 60.7 Å². The lowest BCUT2D eigenvalue weighted by Crippen LogP contribution is -2.27. The third-order valence-corrected chi connectivity index (χ3v) is 4.12. The number of hydrogen-bond donors (Lipinski definition) is 1. The number of nitrogens with zero attached hydrogens (tertiary/aromatic N) is 2. The van der Waals surface area contributed by atoms with Crippen molar-refractivity contribution in [2.45, 2.75) is 19.4 Å². The molecule has 1 aromatic heterocycles. The molecule has 116 valence electrons. The lowest BCUT2D eigenvalue weighted by molar-refractivity contribution is 0.0590. The predicted molar refractivity (Wildman–Crippen MR) is 85.3 cm³/mol. The van der Waals surface area contributed by atoms with Crippen LogP contribution >= 0.6 is 0 Å². The van der Waals surface area contributed by atoms with E-state index in [1.165, 1.54) is 9.13 Å². The van der Waals surface area contributed by atoms with E-state index in [9.17, 15) is 9.90 Å². The van der Waals surface area contributed by atoms with Gasteiger partial charge >= 0.3 is 5.69 Å². The first kappa shape index (κ1) is 13.8. The minimum atomic E-state index is -0.485. The molecule has 0 saturated carbocycles. The molecule has 5 heteroatoms. The van der Waals surface area contributed by atoms with Gasteiger partial charge in [0.1, 0.15) is 5.69 Å². The minimum absolute atomic E-state index is 0.0164. The Hall–Kier alpha value is -2.79. The molecule has 5 nitrogen and oxygen atoms in total. The largest absolute Gasteiger partial charge is 0.493 e. The Morgan fingerprint density at radius 1 is 1.04 bits per heavy atom. The Labute approximate surface area is 133 Å². The molecular formula is C18H16N2O3. The molecule has 0 amide bonds. The monoisotopic (exact) mass is 308 g/mol. The Morgan fingerprint density at radius 3 is 2.39 bits per heavy atom. The van der Waals surface area contributed by atoms with Gasteiger partial charge in [-0.2, -0.15) is 0 Å². The Bertz CT molecular complexity index is 882. The number of hydrogen-bond acceptors (Lipinski definition) is 3. The summed E-state index contributed by atoms with van der Waals surface area (Å²) in [5.74, 6) is -0.0164. The molecule has 1 N–H and O–H groups in total. The molecule has 0 aliphatic carbocycles. The second-order valence-corrected chi connectivity index (χ2v) is 5.57. The van der Waals surface area contributed by atoms with Gasteiger partial charge in [0.15, 0.2) is 6.23 Å². The molecule has 0 radical (unpaired) electrons. The number of imidazole rings is 1. The molecule has 2 aromatic carbocycles. The zero-order valence-electron chi connectivity index (χ0n) is 12.4. The maximum atomic E-state index is 12.8. The molecule has 23 heavy (non-hydrogen) atoms. The van der Waals surface area contributed by atoms with E-state index in [4.69, 9.17) is 4.74 Å². The fraction of sp³-hybridized carbons (Fsp3) is 0.167. The van der Waals surface area contributed by atoms with Gasteiger partial charge in [-0.05, 0) is 5.56 Å². The molecule has 1 aliphatic heterocycles. The van der Waals surface area contributed by atoms with Gasteiger partial charge in [0.05, 0.1) is 13.2 Å². The summed E-state index contributed by atoms with van der Waals surface area (Å²) in [5.41, 5.74) is 2.13. The standard InChI is InChI=1S/C18H16N2O3/c21-16-15-12-23-17(14-9-5-2-6-10-14)20(15)18(22)19(16)11-13-7-3-1-4-8-13/h1-10,17,21H,11-12H2. The smallest absolute Gasteiger partial charge is 0.334 e. The third kappa shape index (κ3) is 2.26. The lowest BCUT2D eigenvalue weighted by Gasteiger charge is -2.12. The van der Waals surface area contributed by atoms with Crippen molar-refractivity contribution in [3.63, 3.8) is 0 Å². The first-order valence-corrected chi connectivity index (χ1v) is 7.49. The van der Waals surface area contributed by atoms with Crippen LogP contribution < -0.4 is 5.69 Å². The zero-order chi connectivity index (χ0) is 15.8. The van der Waals surface area contributed by atoms with Crippen LogP contribution in [0, 0.1) is 0 Å². The van der Waals surface area contributed by atoms with Gasteiger partial charge in [0.25, 0.3) is 0 Å². The number of aromatic nitrogens is 2. The van der Waals surface area contributed by atoms with Crippen molar-refractivity contribution in [1.29, 1.82) is 0 Å². The van der Waals surface area contributed by atoms with E-state index in [0.29, 0.717) is 12.2 Å². The molecule has 1 aliphatic rings. The first-order chi connectivity index (χ1) is 11.3. The van der Waals surface area contributed by atoms with Gasteiger partial charge in [-0.15, -0.1) is 0 Å². The highest BCUT2D eigenvalue weighted by Crippen LogP contribution is 2.32. The highest BCUT2D eigenvalue weighted by atomic mass is 16.5. The summed E-state index contributed by atoms with van der Waals surface area (Å²) in [4.78, 5) is 12.8. The molecule has 3 aromatic rings. The summed E-state index contributed by atoms with van der Waals surface area (Å²) in [7, 11) is 0. The van der Waals surface area contributed by atoms with Gasteiger partial charge in [0, 0.05) is 5.56 Å². The average molecular weight is 308 g/mol. The number of rotatable bonds is 3. The zero-order valence-corrected chi connectivity index (χ0v) is 12.4. The molecule has 2 heterocycles. The average Bonchev–Trinajstić information content (AvgIpc) is 3.13. The van der Waals surface area contributed by atoms with E-state index >= 15 is 0 Å². The van der Waals surface area contributed by atoms with E-state index in [1.54, 1.807) is 0 Å².